The van der Waals surface area contributed by atoms with Gasteiger partial charge in [0, 0.05) is 44.0 Å². The first-order chi connectivity index (χ1) is 12.7. The molecule has 1 aliphatic rings. The van der Waals surface area contributed by atoms with Crippen LogP contribution in [0.5, 0.6) is 0 Å². The highest BCUT2D eigenvalue weighted by Crippen LogP contribution is 2.29. The molecule has 11 heteroatoms. The number of anilines is 1. The number of carbonyl (C=O) groups is 1. The third-order valence-electron chi connectivity index (χ3n) is 3.98. The summed E-state index contributed by atoms with van der Waals surface area (Å²) < 4.78 is 41.8. The number of nitrogens with zero attached hydrogens (tertiary/aromatic N) is 5. The first kappa shape index (κ1) is 18.9. The fraction of sp³-hybridized carbons (Fsp3) is 0.500. The van der Waals surface area contributed by atoms with Crippen LogP contribution in [0.25, 0.3) is 11.4 Å². The fourth-order valence-corrected chi connectivity index (χ4v) is 2.64. The molecule has 1 aliphatic heterocycles. The summed E-state index contributed by atoms with van der Waals surface area (Å²) in [6.07, 6.45) is -3.28. The van der Waals surface area contributed by atoms with Crippen molar-refractivity contribution >= 4 is 11.8 Å². The van der Waals surface area contributed by atoms with Crippen LogP contribution < -0.4 is 10.2 Å². The van der Waals surface area contributed by atoms with Gasteiger partial charge in [0.2, 0.25) is 5.82 Å². The third kappa shape index (κ3) is 4.47. The molecule has 2 aromatic rings. The minimum atomic E-state index is -4.68. The number of rotatable bonds is 3. The number of pyridine rings is 1. The highest BCUT2D eigenvalue weighted by Gasteiger charge is 2.38. The Kier molecular flexibility index (Phi) is 5.19. The van der Waals surface area contributed by atoms with E-state index >= 15 is 0 Å². The van der Waals surface area contributed by atoms with Gasteiger partial charge < -0.3 is 19.6 Å². The molecule has 3 heterocycles. The van der Waals surface area contributed by atoms with Crippen LogP contribution in [0.2, 0.25) is 0 Å². The number of halogens is 3. The molecule has 0 atom stereocenters. The van der Waals surface area contributed by atoms with Gasteiger partial charge in [0.25, 0.3) is 0 Å². The topological polar surface area (TPSA) is 87.4 Å². The Hall–Kier alpha value is -2.85. The smallest absolute Gasteiger partial charge is 0.353 e. The zero-order chi connectivity index (χ0) is 19.6. The lowest BCUT2D eigenvalue weighted by molar-refractivity contribution is -0.159. The van der Waals surface area contributed by atoms with Gasteiger partial charge in [-0.05, 0) is 26.0 Å². The summed E-state index contributed by atoms with van der Waals surface area (Å²) in [7, 11) is 0. The van der Waals surface area contributed by atoms with Gasteiger partial charge in [-0.1, -0.05) is 5.16 Å². The molecule has 27 heavy (non-hydrogen) atoms. The predicted molar refractivity (Wildman–Crippen MR) is 90.0 cm³/mol. The number of amides is 2. The van der Waals surface area contributed by atoms with Gasteiger partial charge in [0.1, 0.15) is 5.82 Å². The summed E-state index contributed by atoms with van der Waals surface area (Å²) in [5.41, 5.74) is 0.327. The molecule has 0 aromatic carbocycles. The largest absolute Gasteiger partial charge is 0.471 e. The highest BCUT2D eigenvalue weighted by atomic mass is 19.4. The Bertz CT molecular complexity index is 782. The lowest BCUT2D eigenvalue weighted by Crippen LogP contribution is -2.53. The minimum absolute atomic E-state index is 0.0766. The number of hydrogen-bond donors (Lipinski definition) is 1. The summed E-state index contributed by atoms with van der Waals surface area (Å²) in [5.74, 6) is -0.892. The van der Waals surface area contributed by atoms with E-state index in [1.165, 1.54) is 6.20 Å². The highest BCUT2D eigenvalue weighted by molar-refractivity contribution is 5.74. The first-order valence-electron chi connectivity index (χ1n) is 8.42. The van der Waals surface area contributed by atoms with E-state index in [9.17, 15) is 18.0 Å². The molecule has 1 N–H and O–H groups in total. The van der Waals surface area contributed by atoms with Gasteiger partial charge in [0.15, 0.2) is 0 Å². The third-order valence-corrected chi connectivity index (χ3v) is 3.98. The van der Waals surface area contributed by atoms with E-state index in [1.54, 1.807) is 17.0 Å². The van der Waals surface area contributed by atoms with E-state index in [1.807, 2.05) is 18.7 Å². The molecule has 1 saturated heterocycles. The molecule has 0 saturated carbocycles. The van der Waals surface area contributed by atoms with Gasteiger partial charge in [0.05, 0.1) is 0 Å². The van der Waals surface area contributed by atoms with Crippen molar-refractivity contribution in [3.63, 3.8) is 0 Å². The second-order valence-corrected chi connectivity index (χ2v) is 6.40. The minimum Gasteiger partial charge on any atom is -0.353 e. The molecular weight excluding hydrogens is 365 g/mol. The quantitative estimate of drug-likeness (QED) is 0.874. The Balaban J connectivity index is 1.62. The number of aromatic nitrogens is 3. The van der Waals surface area contributed by atoms with Crippen molar-refractivity contribution in [3.05, 3.63) is 24.2 Å². The van der Waals surface area contributed by atoms with Gasteiger partial charge in [-0.25, -0.2) is 9.78 Å². The Morgan fingerprint density at radius 1 is 1.22 bits per heavy atom. The second-order valence-electron chi connectivity index (χ2n) is 6.40. The first-order valence-corrected chi connectivity index (χ1v) is 8.42. The number of alkyl halides is 3. The number of hydrogen-bond acceptors (Lipinski definition) is 6. The normalized spacial score (nSPS) is 15.3. The SMILES string of the molecule is CC(C)NC(=O)N1CCN(c2ccc(-c3noc(C(F)(F)F)n3)cn2)CC1. The molecule has 8 nitrogen and oxygen atoms in total. The van der Waals surface area contributed by atoms with Crippen LogP contribution in [0.15, 0.2) is 22.9 Å². The molecule has 0 aliphatic carbocycles. The van der Waals surface area contributed by atoms with Crippen molar-refractivity contribution in [1.82, 2.24) is 25.3 Å². The average molecular weight is 384 g/mol. The molecule has 146 valence electrons. The van der Waals surface area contributed by atoms with Crippen LogP contribution in [-0.4, -0.2) is 58.3 Å². The summed E-state index contributed by atoms with van der Waals surface area (Å²) in [5, 5.41) is 6.19. The summed E-state index contributed by atoms with van der Waals surface area (Å²) in [4.78, 5) is 23.4. The van der Waals surface area contributed by atoms with Crippen molar-refractivity contribution in [2.75, 3.05) is 31.1 Å². The van der Waals surface area contributed by atoms with Crippen LogP contribution in [0, 0.1) is 0 Å². The maximum atomic E-state index is 12.5. The second kappa shape index (κ2) is 7.41. The maximum absolute atomic E-state index is 12.5. The number of urea groups is 1. The van der Waals surface area contributed by atoms with Gasteiger partial charge in [-0.15, -0.1) is 0 Å². The van der Waals surface area contributed by atoms with E-state index in [0.717, 1.165) is 0 Å². The Morgan fingerprint density at radius 2 is 1.93 bits per heavy atom. The van der Waals surface area contributed by atoms with Gasteiger partial charge >= 0.3 is 18.1 Å². The molecule has 2 amide bonds. The van der Waals surface area contributed by atoms with Crippen LogP contribution in [0.4, 0.5) is 23.8 Å². The molecule has 3 rings (SSSR count). The van der Waals surface area contributed by atoms with Crippen LogP contribution in [0.1, 0.15) is 19.7 Å². The maximum Gasteiger partial charge on any atom is 0.471 e. The van der Waals surface area contributed by atoms with E-state index in [-0.39, 0.29) is 17.9 Å². The summed E-state index contributed by atoms with van der Waals surface area (Å²) in [6.45, 7) is 6.14. The van der Waals surface area contributed by atoms with Gasteiger partial charge in [-0.3, -0.25) is 0 Å². The molecule has 1 fully saturated rings. The fourth-order valence-electron chi connectivity index (χ4n) is 2.64. The van der Waals surface area contributed by atoms with Crippen molar-refractivity contribution < 1.29 is 22.5 Å². The Labute approximate surface area is 153 Å². The lowest BCUT2D eigenvalue weighted by Gasteiger charge is -2.35. The molecule has 0 unspecified atom stereocenters. The average Bonchev–Trinajstić information content (AvgIpc) is 3.12. The monoisotopic (exact) mass is 384 g/mol. The molecule has 0 radical (unpaired) electrons. The van der Waals surface area contributed by atoms with E-state index in [2.05, 4.69) is 25.0 Å². The van der Waals surface area contributed by atoms with Crippen molar-refractivity contribution in [2.24, 2.45) is 0 Å². The molecule has 0 bridgehead atoms. The van der Waals surface area contributed by atoms with Gasteiger partial charge in [-0.2, -0.15) is 18.2 Å². The lowest BCUT2D eigenvalue weighted by atomic mass is 10.2. The van der Waals surface area contributed by atoms with Crippen LogP contribution in [0.3, 0.4) is 0 Å². The zero-order valence-corrected chi connectivity index (χ0v) is 14.8. The van der Waals surface area contributed by atoms with Crippen LogP contribution in [-0.2, 0) is 6.18 Å². The van der Waals surface area contributed by atoms with Crippen molar-refractivity contribution in [3.8, 4) is 11.4 Å². The van der Waals surface area contributed by atoms with E-state index < -0.39 is 12.1 Å². The summed E-state index contributed by atoms with van der Waals surface area (Å²) in [6, 6.07) is 3.26. The van der Waals surface area contributed by atoms with E-state index in [0.29, 0.717) is 37.6 Å². The standard InChI is InChI=1S/C16H19F3N6O2/c1-10(2)21-15(26)25-7-5-24(6-8-25)12-4-3-11(9-20-12)13-22-14(27-23-13)16(17,18)19/h3-4,9-10H,5-8H2,1-2H3,(H,21,26). The predicted octanol–water partition coefficient (Wildman–Crippen LogP) is 2.39. The molecular formula is C16H19F3N6O2. The Morgan fingerprint density at radius 3 is 2.44 bits per heavy atom. The van der Waals surface area contributed by atoms with Crippen molar-refractivity contribution in [2.45, 2.75) is 26.1 Å². The molecule has 2 aromatic heterocycles. The van der Waals surface area contributed by atoms with E-state index in [4.69, 9.17) is 0 Å². The van der Waals surface area contributed by atoms with Crippen molar-refractivity contribution in [1.29, 1.82) is 0 Å². The number of piperazine rings is 1. The zero-order valence-electron chi connectivity index (χ0n) is 14.8. The number of nitrogens with one attached hydrogen (secondary N) is 1. The molecule has 0 spiro atoms. The number of carbonyl (C=O) groups excluding carboxylic acids is 1. The summed E-state index contributed by atoms with van der Waals surface area (Å²) >= 11 is 0. The van der Waals surface area contributed by atoms with Crippen LogP contribution >= 0.6 is 0 Å².